The largest absolute Gasteiger partial charge is 0.341 e. The van der Waals surface area contributed by atoms with Gasteiger partial charge in [-0.3, -0.25) is 14.9 Å². The van der Waals surface area contributed by atoms with Gasteiger partial charge < -0.3 is 4.90 Å². The summed E-state index contributed by atoms with van der Waals surface area (Å²) in [4.78, 5) is 25.1. The van der Waals surface area contributed by atoms with Crippen LogP contribution in [0.4, 0.5) is 5.69 Å². The van der Waals surface area contributed by atoms with Crippen LogP contribution in [0.25, 0.3) is 0 Å². The highest BCUT2D eigenvalue weighted by atomic mass is 32.2. The molecule has 5 nitrogen and oxygen atoms in total. The minimum absolute atomic E-state index is 0.133. The second-order valence-electron chi connectivity index (χ2n) is 4.22. The van der Waals surface area contributed by atoms with Crippen LogP contribution < -0.4 is 0 Å². The fraction of sp³-hybridized carbons (Fsp3) is 0.462. The van der Waals surface area contributed by atoms with Crippen molar-refractivity contribution in [1.82, 2.24) is 4.90 Å². The van der Waals surface area contributed by atoms with Crippen molar-refractivity contribution in [3.05, 3.63) is 33.9 Å². The van der Waals surface area contributed by atoms with Gasteiger partial charge in [0, 0.05) is 24.6 Å². The quantitative estimate of drug-likeness (QED) is 0.456. The Morgan fingerprint density at radius 2 is 2.16 bits per heavy atom. The van der Waals surface area contributed by atoms with Crippen LogP contribution in [0.15, 0.2) is 23.1 Å². The van der Waals surface area contributed by atoms with E-state index in [-0.39, 0.29) is 17.2 Å². The molecular weight excluding hydrogens is 264 g/mol. The third-order valence-electron chi connectivity index (χ3n) is 2.82. The third kappa shape index (κ3) is 3.96. The van der Waals surface area contributed by atoms with E-state index in [9.17, 15) is 14.9 Å². The highest BCUT2D eigenvalue weighted by Crippen LogP contribution is 2.25. The number of thioether (sulfide) groups is 1. The molecule has 0 aliphatic carbocycles. The monoisotopic (exact) mass is 282 g/mol. The van der Waals surface area contributed by atoms with E-state index in [1.165, 1.54) is 22.7 Å². The fourth-order valence-electron chi connectivity index (χ4n) is 1.68. The van der Waals surface area contributed by atoms with Crippen molar-refractivity contribution in [3.63, 3.8) is 0 Å². The molecule has 6 heteroatoms. The van der Waals surface area contributed by atoms with Gasteiger partial charge in [-0.15, -0.1) is 11.8 Å². The van der Waals surface area contributed by atoms with Crippen molar-refractivity contribution < 1.29 is 9.72 Å². The normalized spacial score (nSPS) is 10.3. The minimum Gasteiger partial charge on any atom is -0.341 e. The topological polar surface area (TPSA) is 63.5 Å². The lowest BCUT2D eigenvalue weighted by Gasteiger charge is -2.17. The van der Waals surface area contributed by atoms with Crippen LogP contribution >= 0.6 is 11.8 Å². The van der Waals surface area contributed by atoms with E-state index in [0.29, 0.717) is 6.54 Å². The predicted octanol–water partition coefficient (Wildman–Crippen LogP) is 3.19. The highest BCUT2D eigenvalue weighted by Gasteiger charge is 2.23. The van der Waals surface area contributed by atoms with E-state index in [1.807, 2.05) is 13.2 Å². The van der Waals surface area contributed by atoms with Gasteiger partial charge >= 0.3 is 0 Å². The van der Waals surface area contributed by atoms with Gasteiger partial charge in [0.15, 0.2) is 0 Å². The van der Waals surface area contributed by atoms with Crippen LogP contribution in [0, 0.1) is 10.1 Å². The molecule has 0 saturated heterocycles. The lowest BCUT2D eigenvalue weighted by molar-refractivity contribution is -0.385. The smallest absolute Gasteiger partial charge is 0.282 e. The van der Waals surface area contributed by atoms with E-state index in [4.69, 9.17) is 0 Å². The fourth-order valence-corrected chi connectivity index (χ4v) is 2.11. The molecule has 1 aromatic rings. The number of nitro groups is 1. The van der Waals surface area contributed by atoms with Gasteiger partial charge in [-0.2, -0.15) is 0 Å². The second-order valence-corrected chi connectivity index (χ2v) is 5.10. The Labute approximate surface area is 117 Å². The Bertz CT molecular complexity index is 477. The first kappa shape index (κ1) is 15.5. The Hall–Kier alpha value is -1.56. The minimum atomic E-state index is -0.509. The van der Waals surface area contributed by atoms with Crippen LogP contribution in [0.2, 0.25) is 0 Å². The standard InChI is InChI=1S/C13H18N2O3S/c1-4-5-8-14(2)13(16)11-9-10(19-3)6-7-12(11)15(17)18/h6-7,9H,4-5,8H2,1-3H3. The molecule has 0 atom stereocenters. The Kier molecular flexibility index (Phi) is 5.82. The lowest BCUT2D eigenvalue weighted by atomic mass is 10.1. The highest BCUT2D eigenvalue weighted by molar-refractivity contribution is 7.98. The van der Waals surface area contributed by atoms with Crippen molar-refractivity contribution in [2.45, 2.75) is 24.7 Å². The van der Waals surface area contributed by atoms with Crippen molar-refractivity contribution in [1.29, 1.82) is 0 Å². The molecule has 0 unspecified atom stereocenters. The van der Waals surface area contributed by atoms with Crippen molar-refractivity contribution in [3.8, 4) is 0 Å². The van der Waals surface area contributed by atoms with E-state index in [1.54, 1.807) is 19.2 Å². The number of nitro benzene ring substituents is 1. The zero-order valence-electron chi connectivity index (χ0n) is 11.4. The second kappa shape index (κ2) is 7.13. The van der Waals surface area contributed by atoms with Gasteiger partial charge in [0.05, 0.1) is 4.92 Å². The number of nitrogens with zero attached hydrogens (tertiary/aromatic N) is 2. The Morgan fingerprint density at radius 1 is 1.47 bits per heavy atom. The van der Waals surface area contributed by atoms with Gasteiger partial charge in [0.1, 0.15) is 5.56 Å². The third-order valence-corrected chi connectivity index (χ3v) is 3.55. The summed E-state index contributed by atoms with van der Waals surface area (Å²) in [7, 11) is 1.67. The van der Waals surface area contributed by atoms with E-state index in [2.05, 4.69) is 0 Å². The zero-order chi connectivity index (χ0) is 14.4. The maximum absolute atomic E-state index is 12.3. The maximum atomic E-state index is 12.3. The molecule has 19 heavy (non-hydrogen) atoms. The van der Waals surface area contributed by atoms with Crippen LogP contribution in [0.3, 0.4) is 0 Å². The summed E-state index contributed by atoms with van der Waals surface area (Å²) in [5.74, 6) is -0.295. The number of unbranched alkanes of at least 4 members (excludes halogenated alkanes) is 1. The molecule has 0 aromatic heterocycles. The van der Waals surface area contributed by atoms with Gasteiger partial charge in [-0.05, 0) is 24.8 Å². The molecule has 0 N–H and O–H groups in total. The van der Waals surface area contributed by atoms with Crippen LogP contribution in [-0.4, -0.2) is 35.6 Å². The van der Waals surface area contributed by atoms with Crippen molar-refractivity contribution >= 4 is 23.4 Å². The first-order valence-corrected chi connectivity index (χ1v) is 7.31. The number of rotatable bonds is 6. The summed E-state index contributed by atoms with van der Waals surface area (Å²) in [6.45, 7) is 2.64. The molecule has 0 saturated carbocycles. The predicted molar refractivity (Wildman–Crippen MR) is 76.7 cm³/mol. The molecule has 104 valence electrons. The van der Waals surface area contributed by atoms with E-state index in [0.717, 1.165) is 17.7 Å². The average molecular weight is 282 g/mol. The number of hydrogen-bond acceptors (Lipinski definition) is 4. The molecule has 1 rings (SSSR count). The van der Waals surface area contributed by atoms with Crippen molar-refractivity contribution in [2.75, 3.05) is 19.8 Å². The van der Waals surface area contributed by atoms with E-state index >= 15 is 0 Å². The van der Waals surface area contributed by atoms with Gasteiger partial charge in [0.25, 0.3) is 11.6 Å². The first-order chi connectivity index (χ1) is 9.01. The summed E-state index contributed by atoms with van der Waals surface area (Å²) in [6.07, 6.45) is 3.74. The van der Waals surface area contributed by atoms with Crippen LogP contribution in [0.1, 0.15) is 30.1 Å². The van der Waals surface area contributed by atoms with Gasteiger partial charge in [-0.1, -0.05) is 13.3 Å². The Balaban J connectivity index is 3.08. The molecule has 0 fully saturated rings. The molecule has 0 aliphatic heterocycles. The van der Waals surface area contributed by atoms with E-state index < -0.39 is 4.92 Å². The summed E-state index contributed by atoms with van der Waals surface area (Å²) < 4.78 is 0. The molecular formula is C13H18N2O3S. The number of hydrogen-bond donors (Lipinski definition) is 0. The number of amides is 1. The number of benzene rings is 1. The van der Waals surface area contributed by atoms with Crippen LogP contribution in [0.5, 0.6) is 0 Å². The van der Waals surface area contributed by atoms with Gasteiger partial charge in [-0.25, -0.2) is 0 Å². The molecule has 0 heterocycles. The SMILES string of the molecule is CCCCN(C)C(=O)c1cc(SC)ccc1[N+](=O)[O-]. The molecule has 0 bridgehead atoms. The molecule has 1 amide bonds. The summed E-state index contributed by atoms with van der Waals surface area (Å²) >= 11 is 1.46. The summed E-state index contributed by atoms with van der Waals surface area (Å²) in [6, 6.07) is 4.64. The van der Waals surface area contributed by atoms with Gasteiger partial charge in [0.2, 0.25) is 0 Å². The maximum Gasteiger partial charge on any atom is 0.282 e. The Morgan fingerprint density at radius 3 is 2.68 bits per heavy atom. The lowest BCUT2D eigenvalue weighted by Crippen LogP contribution is -2.28. The molecule has 0 radical (unpaired) electrons. The van der Waals surface area contributed by atoms with Crippen LogP contribution in [-0.2, 0) is 0 Å². The number of carbonyl (C=O) groups excluding carboxylic acids is 1. The summed E-state index contributed by atoms with van der Waals surface area (Å²) in [5.41, 5.74) is 0.0293. The molecule has 0 aliphatic rings. The number of carbonyl (C=O) groups is 1. The average Bonchev–Trinajstić information content (AvgIpc) is 2.42. The zero-order valence-corrected chi connectivity index (χ0v) is 12.2. The summed E-state index contributed by atoms with van der Waals surface area (Å²) in [5, 5.41) is 11.0. The first-order valence-electron chi connectivity index (χ1n) is 6.09. The molecule has 1 aromatic carbocycles. The van der Waals surface area contributed by atoms with Crippen molar-refractivity contribution in [2.24, 2.45) is 0 Å². The molecule has 0 spiro atoms.